The first-order valence-corrected chi connectivity index (χ1v) is 10.3. The summed E-state index contributed by atoms with van der Waals surface area (Å²) in [5, 5.41) is 32.1. The molecule has 0 rings (SSSR count). The molecular formula is C24H32O16Zr. The zero-order chi connectivity index (χ0) is 32.6. The molecule has 0 aliphatic rings. The molecular weight excluding hydrogens is 635 g/mol. The van der Waals surface area contributed by atoms with Gasteiger partial charge in [-0.1, -0.05) is 26.3 Å². The number of hydrogen-bond donors (Lipinski definition) is 4. The van der Waals surface area contributed by atoms with Gasteiger partial charge in [0.05, 0.1) is 0 Å². The largest absolute Gasteiger partial charge is 0.479 e. The number of carboxylic acid groups (broad SMARTS) is 4. The van der Waals surface area contributed by atoms with E-state index in [1.54, 1.807) is 0 Å². The number of aliphatic carboxylic acids is 4. The van der Waals surface area contributed by atoms with Gasteiger partial charge < -0.3 is 39.4 Å². The van der Waals surface area contributed by atoms with Gasteiger partial charge in [0, 0.05) is 48.5 Å². The summed E-state index contributed by atoms with van der Waals surface area (Å²) in [7, 11) is 0. The van der Waals surface area contributed by atoms with E-state index >= 15 is 0 Å². The molecule has 0 fully saturated rings. The Morgan fingerprint density at radius 1 is 0.415 bits per heavy atom. The molecule has 0 aromatic carbocycles. The van der Waals surface area contributed by atoms with Crippen LogP contribution >= 0.6 is 0 Å². The van der Waals surface area contributed by atoms with Crippen molar-refractivity contribution in [3.8, 4) is 0 Å². The van der Waals surface area contributed by atoms with Crippen molar-refractivity contribution in [2.45, 2.75) is 27.7 Å². The van der Waals surface area contributed by atoms with Crippen LogP contribution in [0.25, 0.3) is 0 Å². The van der Waals surface area contributed by atoms with Crippen LogP contribution in [0.5, 0.6) is 0 Å². The molecule has 0 amide bonds. The predicted octanol–water partition coefficient (Wildman–Crippen LogP) is 0.759. The molecule has 17 heteroatoms. The summed E-state index contributed by atoms with van der Waals surface area (Å²) in [6.07, 6.45) is 0. The molecule has 0 radical (unpaired) electrons. The monoisotopic (exact) mass is 666 g/mol. The van der Waals surface area contributed by atoms with Gasteiger partial charge in [-0.15, -0.1) is 0 Å². The third-order valence-electron chi connectivity index (χ3n) is 2.70. The Bertz CT molecular complexity index is 849. The fourth-order valence-corrected chi connectivity index (χ4v) is 1.00. The summed E-state index contributed by atoms with van der Waals surface area (Å²) >= 11 is 0. The van der Waals surface area contributed by atoms with Crippen molar-refractivity contribution in [2.75, 3.05) is 26.4 Å². The van der Waals surface area contributed by atoms with E-state index in [4.69, 9.17) is 20.4 Å². The minimum Gasteiger partial charge on any atom is -0.479 e. The number of ether oxygens (including phenoxy) is 4. The van der Waals surface area contributed by atoms with Crippen molar-refractivity contribution in [3.05, 3.63) is 48.6 Å². The Balaban J connectivity index is -0.000000139. The zero-order valence-electron chi connectivity index (χ0n) is 22.8. The van der Waals surface area contributed by atoms with E-state index in [1.165, 1.54) is 27.7 Å². The Hall–Kier alpha value is -4.40. The number of carbonyl (C=O) groups is 8. The first kappa shape index (κ1) is 46.5. The molecule has 0 spiro atoms. The smallest absolute Gasteiger partial charge is 0.341 e. The second-order valence-electron chi connectivity index (χ2n) is 7.00. The average molecular weight is 668 g/mol. The van der Waals surface area contributed by atoms with E-state index in [-0.39, 0.29) is 48.5 Å². The van der Waals surface area contributed by atoms with Gasteiger partial charge in [0.25, 0.3) is 0 Å². The molecule has 41 heavy (non-hydrogen) atoms. The minimum atomic E-state index is -1.17. The van der Waals surface area contributed by atoms with Gasteiger partial charge in [0.1, 0.15) is 0 Å². The minimum absolute atomic E-state index is 0. The molecule has 0 unspecified atom stereocenters. The Labute approximate surface area is 254 Å². The Morgan fingerprint density at radius 3 is 0.610 bits per heavy atom. The van der Waals surface area contributed by atoms with Gasteiger partial charge in [-0.2, -0.15) is 0 Å². The second-order valence-corrected chi connectivity index (χ2v) is 7.00. The molecule has 0 atom stereocenters. The molecule has 16 nitrogen and oxygen atoms in total. The maximum atomic E-state index is 10.5. The molecule has 228 valence electrons. The van der Waals surface area contributed by atoms with E-state index in [9.17, 15) is 38.4 Å². The van der Waals surface area contributed by atoms with Gasteiger partial charge in [-0.25, -0.2) is 38.4 Å². The summed E-state index contributed by atoms with van der Waals surface area (Å²) < 4.78 is 16.9. The van der Waals surface area contributed by atoms with Crippen LogP contribution in [-0.4, -0.2) is 94.6 Å². The third kappa shape index (κ3) is 40.3. The Morgan fingerprint density at radius 2 is 0.537 bits per heavy atom. The molecule has 0 heterocycles. The summed E-state index contributed by atoms with van der Waals surface area (Å²) in [6, 6.07) is 0. The topological polar surface area (TPSA) is 254 Å². The number of hydrogen-bond acceptors (Lipinski definition) is 12. The van der Waals surface area contributed by atoms with Crippen molar-refractivity contribution >= 4 is 47.8 Å². The van der Waals surface area contributed by atoms with Gasteiger partial charge in [-0.05, 0) is 27.7 Å². The van der Waals surface area contributed by atoms with E-state index in [1.807, 2.05) is 0 Å². The SMILES string of the molecule is C=C(C)C(=O)OCC(=O)O.C=C(C)C(=O)OCC(=O)O.C=C(C)C(=O)OCC(=O)O.C=C(C)C(=O)OCC(=O)O.[Zr]. The van der Waals surface area contributed by atoms with Crippen LogP contribution in [0, 0.1) is 0 Å². The van der Waals surface area contributed by atoms with Crippen LogP contribution in [0.3, 0.4) is 0 Å². The summed E-state index contributed by atoms with van der Waals surface area (Å²) in [4.78, 5) is 81.1. The van der Waals surface area contributed by atoms with Gasteiger partial charge in [-0.3, -0.25) is 0 Å². The summed E-state index contributed by atoms with van der Waals surface area (Å²) in [5.74, 6) is -7.40. The van der Waals surface area contributed by atoms with Crippen molar-refractivity contribution in [1.82, 2.24) is 0 Å². The van der Waals surface area contributed by atoms with Crippen molar-refractivity contribution in [3.63, 3.8) is 0 Å². The number of carboxylic acids is 4. The zero-order valence-corrected chi connectivity index (χ0v) is 25.3. The molecule has 0 aromatic heterocycles. The van der Waals surface area contributed by atoms with Crippen LogP contribution in [0.2, 0.25) is 0 Å². The molecule has 4 N–H and O–H groups in total. The standard InChI is InChI=1S/4C6H8O4.Zr/c4*1-4(2)6(9)10-3-5(7)8;/h4*1,3H2,2H3,(H,7,8);. The molecule has 0 saturated carbocycles. The van der Waals surface area contributed by atoms with E-state index in [0.717, 1.165) is 0 Å². The summed E-state index contributed by atoms with van der Waals surface area (Å²) in [5.41, 5.74) is 0.782. The molecule has 0 aliphatic carbocycles. The normalized spacial score (nSPS) is 8.29. The third-order valence-corrected chi connectivity index (χ3v) is 2.70. The van der Waals surface area contributed by atoms with Crippen LogP contribution in [0.4, 0.5) is 0 Å². The molecule has 0 bridgehead atoms. The average Bonchev–Trinajstić information content (AvgIpc) is 2.83. The fraction of sp³-hybridized carbons (Fsp3) is 0.333. The van der Waals surface area contributed by atoms with E-state index in [0.29, 0.717) is 0 Å². The predicted molar refractivity (Wildman–Crippen MR) is 134 cm³/mol. The maximum Gasteiger partial charge on any atom is 0.341 e. The van der Waals surface area contributed by atoms with Gasteiger partial charge in [0.15, 0.2) is 26.4 Å². The van der Waals surface area contributed by atoms with Crippen LogP contribution in [-0.2, 0) is 83.5 Å². The van der Waals surface area contributed by atoms with Crippen molar-refractivity contribution in [1.29, 1.82) is 0 Å². The quantitative estimate of drug-likeness (QED) is 0.127. The Kier molecular flexibility index (Phi) is 30.8. The molecule has 0 saturated heterocycles. The second kappa shape index (κ2) is 27.2. The van der Waals surface area contributed by atoms with E-state index < -0.39 is 74.2 Å². The number of esters is 4. The molecule has 0 aromatic rings. The first-order valence-electron chi connectivity index (χ1n) is 10.3. The van der Waals surface area contributed by atoms with Gasteiger partial charge in [0.2, 0.25) is 0 Å². The summed E-state index contributed by atoms with van der Waals surface area (Å²) in [6.45, 7) is 16.4. The fourth-order valence-electron chi connectivity index (χ4n) is 1.00. The number of carbonyl (C=O) groups excluding carboxylic acids is 4. The maximum absolute atomic E-state index is 10.5. The number of rotatable bonds is 12. The van der Waals surface area contributed by atoms with Crippen LogP contribution in [0.1, 0.15) is 27.7 Å². The van der Waals surface area contributed by atoms with E-state index in [2.05, 4.69) is 45.3 Å². The van der Waals surface area contributed by atoms with Crippen LogP contribution in [0.15, 0.2) is 48.6 Å². The first-order chi connectivity index (χ1) is 18.1. The van der Waals surface area contributed by atoms with Crippen molar-refractivity contribution in [2.24, 2.45) is 0 Å². The van der Waals surface area contributed by atoms with Crippen molar-refractivity contribution < 1.29 is 104 Å². The van der Waals surface area contributed by atoms with Crippen LogP contribution < -0.4 is 0 Å². The van der Waals surface area contributed by atoms with Gasteiger partial charge >= 0.3 is 47.8 Å². The molecule has 0 aliphatic heterocycles.